The van der Waals surface area contributed by atoms with Crippen molar-refractivity contribution in [3.05, 3.63) is 65.7 Å². The first-order valence-electron chi connectivity index (χ1n) is 7.35. The van der Waals surface area contributed by atoms with Gasteiger partial charge in [0.15, 0.2) is 0 Å². The normalized spacial score (nSPS) is 12.8. The largest absolute Gasteiger partial charge is 0.346 e. The highest BCUT2D eigenvalue weighted by atomic mass is 32.2. The summed E-state index contributed by atoms with van der Waals surface area (Å²) in [6, 6.07) is 15.2. The fourth-order valence-electron chi connectivity index (χ4n) is 2.15. The fraction of sp³-hybridized carbons (Fsp3) is 0.235. The zero-order valence-corrected chi connectivity index (χ0v) is 14.6. The summed E-state index contributed by atoms with van der Waals surface area (Å²) < 4.78 is 25.2. The van der Waals surface area contributed by atoms with E-state index in [-0.39, 0.29) is 22.4 Å². The second kappa shape index (κ2) is 7.57. The number of nitrogens with one attached hydrogen (secondary N) is 1. The van der Waals surface area contributed by atoms with Crippen LogP contribution in [0, 0.1) is 0 Å². The number of carbonyl (C=O) groups excluding carboxylic acids is 1. The molecule has 0 unspecified atom stereocenters. The van der Waals surface area contributed by atoms with Crippen LogP contribution in [0.3, 0.4) is 0 Å². The van der Waals surface area contributed by atoms with Crippen LogP contribution in [0.1, 0.15) is 28.9 Å². The van der Waals surface area contributed by atoms with E-state index in [0.29, 0.717) is 0 Å². The Bertz CT molecular complexity index is 806. The number of amides is 1. The van der Waals surface area contributed by atoms with Gasteiger partial charge in [0.2, 0.25) is 0 Å². The lowest BCUT2D eigenvalue weighted by Gasteiger charge is -2.16. The Morgan fingerprint density at radius 1 is 1.12 bits per heavy atom. The van der Waals surface area contributed by atoms with Gasteiger partial charge in [-0.15, -0.1) is 0 Å². The Balaban J connectivity index is 2.21. The SMILES string of the molecule is CON(C)S(=O)(=O)c1cccc(C(=O)N[C@@H](C)c2ccccc2)c1. The van der Waals surface area contributed by atoms with Gasteiger partial charge >= 0.3 is 0 Å². The minimum Gasteiger partial charge on any atom is -0.346 e. The molecule has 0 spiro atoms. The van der Waals surface area contributed by atoms with Crippen LogP contribution < -0.4 is 5.32 Å². The van der Waals surface area contributed by atoms with Gasteiger partial charge < -0.3 is 5.32 Å². The summed E-state index contributed by atoms with van der Waals surface area (Å²) >= 11 is 0. The molecule has 1 amide bonds. The van der Waals surface area contributed by atoms with Crippen molar-refractivity contribution in [1.82, 2.24) is 9.79 Å². The summed E-state index contributed by atoms with van der Waals surface area (Å²) in [7, 11) is -1.24. The minimum atomic E-state index is -3.79. The van der Waals surface area contributed by atoms with Crippen molar-refractivity contribution in [3.63, 3.8) is 0 Å². The van der Waals surface area contributed by atoms with E-state index in [1.165, 1.54) is 32.4 Å². The van der Waals surface area contributed by atoms with Gasteiger partial charge in [-0.2, -0.15) is 0 Å². The molecular weight excluding hydrogens is 328 g/mol. The van der Waals surface area contributed by atoms with Crippen LogP contribution in [0.5, 0.6) is 0 Å². The van der Waals surface area contributed by atoms with E-state index in [9.17, 15) is 13.2 Å². The predicted octanol–water partition coefficient (Wildman–Crippen LogP) is 2.36. The lowest BCUT2D eigenvalue weighted by Crippen LogP contribution is -2.28. The van der Waals surface area contributed by atoms with Crippen molar-refractivity contribution in [1.29, 1.82) is 0 Å². The molecule has 0 saturated carbocycles. The van der Waals surface area contributed by atoms with Gasteiger partial charge in [-0.05, 0) is 30.7 Å². The molecule has 0 fully saturated rings. The molecule has 0 aromatic heterocycles. The highest BCUT2D eigenvalue weighted by Gasteiger charge is 2.22. The van der Waals surface area contributed by atoms with Gasteiger partial charge in [0, 0.05) is 12.6 Å². The van der Waals surface area contributed by atoms with Crippen LogP contribution in [0.25, 0.3) is 0 Å². The van der Waals surface area contributed by atoms with Crippen molar-refractivity contribution in [2.75, 3.05) is 14.2 Å². The molecule has 2 aromatic rings. The maximum absolute atomic E-state index is 12.4. The number of hydrogen-bond acceptors (Lipinski definition) is 4. The van der Waals surface area contributed by atoms with E-state index < -0.39 is 10.0 Å². The van der Waals surface area contributed by atoms with Crippen molar-refractivity contribution in [2.45, 2.75) is 17.9 Å². The van der Waals surface area contributed by atoms with Crippen molar-refractivity contribution in [3.8, 4) is 0 Å². The Morgan fingerprint density at radius 3 is 2.42 bits per heavy atom. The number of hydrogen-bond donors (Lipinski definition) is 1. The topological polar surface area (TPSA) is 75.7 Å². The zero-order valence-electron chi connectivity index (χ0n) is 13.8. The van der Waals surface area contributed by atoms with Gasteiger partial charge in [0.05, 0.1) is 18.0 Å². The molecule has 1 atom stereocenters. The first-order valence-corrected chi connectivity index (χ1v) is 8.79. The summed E-state index contributed by atoms with van der Waals surface area (Å²) in [5, 5.41) is 2.86. The highest BCUT2D eigenvalue weighted by Crippen LogP contribution is 2.17. The first-order chi connectivity index (χ1) is 11.4. The standard InChI is InChI=1S/C17H20N2O4S/c1-13(14-8-5-4-6-9-14)18-17(20)15-10-7-11-16(12-15)24(21,22)19(2)23-3/h4-13H,1-3H3,(H,18,20)/t13-/m0/s1. The summed E-state index contributed by atoms with van der Waals surface area (Å²) in [6.45, 7) is 1.87. The molecule has 0 aliphatic rings. The van der Waals surface area contributed by atoms with Crippen LogP contribution in [-0.2, 0) is 14.9 Å². The molecule has 24 heavy (non-hydrogen) atoms. The lowest BCUT2D eigenvalue weighted by atomic mass is 10.1. The Hall–Kier alpha value is -2.22. The quantitative estimate of drug-likeness (QED) is 0.813. The molecule has 0 heterocycles. The van der Waals surface area contributed by atoms with E-state index in [2.05, 4.69) is 5.32 Å². The second-order valence-corrected chi connectivity index (χ2v) is 7.17. The average molecular weight is 348 g/mol. The molecule has 2 aromatic carbocycles. The Kier molecular flexibility index (Phi) is 5.71. The maximum Gasteiger partial charge on any atom is 0.264 e. The van der Waals surface area contributed by atoms with Crippen molar-refractivity contribution < 1.29 is 18.0 Å². The first kappa shape index (κ1) is 18.1. The van der Waals surface area contributed by atoms with E-state index >= 15 is 0 Å². The third-order valence-electron chi connectivity index (χ3n) is 3.64. The fourth-order valence-corrected chi connectivity index (χ4v) is 3.17. The summed E-state index contributed by atoms with van der Waals surface area (Å²) in [4.78, 5) is 17.1. The third-order valence-corrected chi connectivity index (χ3v) is 5.31. The van der Waals surface area contributed by atoms with Crippen molar-refractivity contribution >= 4 is 15.9 Å². The van der Waals surface area contributed by atoms with Crippen LogP contribution >= 0.6 is 0 Å². The molecule has 0 aliphatic heterocycles. The molecule has 0 aliphatic carbocycles. The van der Waals surface area contributed by atoms with E-state index in [4.69, 9.17) is 4.84 Å². The molecule has 128 valence electrons. The molecule has 2 rings (SSSR count). The highest BCUT2D eigenvalue weighted by molar-refractivity contribution is 7.89. The van der Waals surface area contributed by atoms with Gasteiger partial charge in [-0.3, -0.25) is 9.63 Å². The number of sulfonamides is 1. The van der Waals surface area contributed by atoms with Gasteiger partial charge in [0.1, 0.15) is 0 Å². The van der Waals surface area contributed by atoms with Gasteiger partial charge in [0.25, 0.3) is 15.9 Å². The average Bonchev–Trinajstić information content (AvgIpc) is 2.61. The van der Waals surface area contributed by atoms with Gasteiger partial charge in [-0.25, -0.2) is 8.42 Å². The Labute approximate surface area is 142 Å². The Morgan fingerprint density at radius 2 is 1.79 bits per heavy atom. The van der Waals surface area contributed by atoms with Crippen molar-refractivity contribution in [2.24, 2.45) is 0 Å². The third kappa shape index (κ3) is 4.00. The molecule has 0 bridgehead atoms. The van der Waals surface area contributed by atoms with E-state index in [1.807, 2.05) is 37.3 Å². The summed E-state index contributed by atoms with van der Waals surface area (Å²) in [5.74, 6) is -0.344. The van der Waals surface area contributed by atoms with Crippen LogP contribution in [0.2, 0.25) is 0 Å². The number of hydroxylamine groups is 1. The van der Waals surface area contributed by atoms with E-state index in [0.717, 1.165) is 10.0 Å². The lowest BCUT2D eigenvalue weighted by molar-refractivity contribution is -0.0258. The molecule has 1 N–H and O–H groups in total. The molecule has 0 saturated heterocycles. The number of nitrogens with zero attached hydrogens (tertiary/aromatic N) is 1. The molecule has 0 radical (unpaired) electrons. The number of benzene rings is 2. The van der Waals surface area contributed by atoms with E-state index in [1.54, 1.807) is 6.07 Å². The second-order valence-electron chi connectivity index (χ2n) is 5.23. The van der Waals surface area contributed by atoms with Crippen LogP contribution in [0.15, 0.2) is 59.5 Å². The molecular formula is C17H20N2O4S. The summed E-state index contributed by atoms with van der Waals surface area (Å²) in [6.07, 6.45) is 0. The maximum atomic E-state index is 12.4. The minimum absolute atomic E-state index is 0.00753. The van der Waals surface area contributed by atoms with Crippen LogP contribution in [0.4, 0.5) is 0 Å². The monoisotopic (exact) mass is 348 g/mol. The smallest absolute Gasteiger partial charge is 0.264 e. The number of rotatable bonds is 6. The molecule has 7 heteroatoms. The predicted molar refractivity (Wildman–Crippen MR) is 90.7 cm³/mol. The molecule has 6 nitrogen and oxygen atoms in total. The van der Waals surface area contributed by atoms with Gasteiger partial charge in [-0.1, -0.05) is 40.9 Å². The zero-order chi connectivity index (χ0) is 17.7. The number of carbonyl (C=O) groups is 1. The van der Waals surface area contributed by atoms with Crippen LogP contribution in [-0.4, -0.2) is 33.0 Å². The summed E-state index contributed by atoms with van der Waals surface area (Å²) in [5.41, 5.74) is 1.23.